The fourth-order valence-corrected chi connectivity index (χ4v) is 2.59. The number of hydrogen-bond donors (Lipinski definition) is 0. The van der Waals surface area contributed by atoms with Crippen molar-refractivity contribution in [2.24, 2.45) is 7.05 Å². The fraction of sp³-hybridized carbons (Fsp3) is 0.167. The first-order chi connectivity index (χ1) is 11.6. The highest BCUT2D eigenvalue weighted by Crippen LogP contribution is 2.22. The van der Waals surface area contributed by atoms with E-state index in [1.165, 1.54) is 0 Å². The van der Waals surface area contributed by atoms with Gasteiger partial charge in [0.15, 0.2) is 11.7 Å². The van der Waals surface area contributed by atoms with Crippen molar-refractivity contribution in [3.8, 4) is 11.8 Å². The zero-order chi connectivity index (χ0) is 17.1. The second-order valence-electron chi connectivity index (χ2n) is 5.29. The Balaban J connectivity index is 1.80. The van der Waals surface area contributed by atoms with Crippen LogP contribution in [0.1, 0.15) is 11.7 Å². The van der Waals surface area contributed by atoms with Crippen LogP contribution >= 0.6 is 11.6 Å². The van der Waals surface area contributed by atoms with Gasteiger partial charge < -0.3 is 9.30 Å². The second-order valence-corrected chi connectivity index (χ2v) is 5.73. The van der Waals surface area contributed by atoms with Crippen molar-refractivity contribution in [1.29, 1.82) is 5.26 Å². The number of ketones is 1. The summed E-state index contributed by atoms with van der Waals surface area (Å²) < 4.78 is 7.21. The SMILES string of the molecule is Cn1c([C@@H](C#N)C(=O)COc2ccc(Cl)cc2)nc2ccccc21. The number of rotatable bonds is 5. The zero-order valence-electron chi connectivity index (χ0n) is 12.9. The molecule has 24 heavy (non-hydrogen) atoms. The van der Waals surface area contributed by atoms with Crippen LogP contribution in [0.25, 0.3) is 11.0 Å². The summed E-state index contributed by atoms with van der Waals surface area (Å²) in [5.74, 6) is -0.376. The van der Waals surface area contributed by atoms with Gasteiger partial charge in [0.05, 0.1) is 17.1 Å². The lowest BCUT2D eigenvalue weighted by Gasteiger charge is -2.10. The van der Waals surface area contributed by atoms with Crippen LogP contribution in [0.2, 0.25) is 5.02 Å². The van der Waals surface area contributed by atoms with Crippen LogP contribution < -0.4 is 4.74 Å². The summed E-state index contributed by atoms with van der Waals surface area (Å²) in [6, 6.07) is 16.2. The summed E-state index contributed by atoms with van der Waals surface area (Å²) in [4.78, 5) is 16.8. The van der Waals surface area contributed by atoms with Crippen LogP contribution in [0.5, 0.6) is 5.75 Å². The minimum atomic E-state index is -0.977. The molecular weight excluding hydrogens is 326 g/mol. The van der Waals surface area contributed by atoms with Gasteiger partial charge in [-0.3, -0.25) is 4.79 Å². The Morgan fingerprint density at radius 1 is 1.29 bits per heavy atom. The van der Waals surface area contributed by atoms with Crippen molar-refractivity contribution in [2.45, 2.75) is 5.92 Å². The predicted molar refractivity (Wildman–Crippen MR) is 91.0 cm³/mol. The molecule has 0 radical (unpaired) electrons. The van der Waals surface area contributed by atoms with Gasteiger partial charge in [0.25, 0.3) is 0 Å². The van der Waals surface area contributed by atoms with Gasteiger partial charge in [-0.15, -0.1) is 0 Å². The smallest absolute Gasteiger partial charge is 0.194 e. The molecule has 0 fully saturated rings. The maximum atomic E-state index is 12.4. The van der Waals surface area contributed by atoms with Gasteiger partial charge in [0.1, 0.15) is 18.2 Å². The molecule has 0 aliphatic rings. The van der Waals surface area contributed by atoms with E-state index in [1.54, 1.807) is 35.9 Å². The zero-order valence-corrected chi connectivity index (χ0v) is 13.7. The van der Waals surface area contributed by atoms with E-state index < -0.39 is 5.92 Å². The summed E-state index contributed by atoms with van der Waals surface area (Å²) in [7, 11) is 1.79. The molecule has 0 aliphatic carbocycles. The van der Waals surface area contributed by atoms with E-state index in [9.17, 15) is 10.1 Å². The molecule has 0 bridgehead atoms. The molecule has 1 aromatic heterocycles. The average molecular weight is 340 g/mol. The molecule has 6 heteroatoms. The second kappa shape index (κ2) is 6.73. The lowest BCUT2D eigenvalue weighted by molar-refractivity contribution is -0.121. The molecule has 0 saturated carbocycles. The van der Waals surface area contributed by atoms with Crippen molar-refractivity contribution in [3.05, 3.63) is 59.4 Å². The van der Waals surface area contributed by atoms with Gasteiger partial charge in [0.2, 0.25) is 0 Å². The lowest BCUT2D eigenvalue weighted by atomic mass is 10.1. The van der Waals surface area contributed by atoms with E-state index in [0.29, 0.717) is 16.6 Å². The third-order valence-corrected chi connectivity index (χ3v) is 3.98. The summed E-state index contributed by atoms with van der Waals surface area (Å²) in [5, 5.41) is 10.0. The van der Waals surface area contributed by atoms with E-state index in [0.717, 1.165) is 11.0 Å². The van der Waals surface area contributed by atoms with Gasteiger partial charge in [0, 0.05) is 12.1 Å². The van der Waals surface area contributed by atoms with Crippen molar-refractivity contribution in [1.82, 2.24) is 9.55 Å². The Hall–Kier alpha value is -2.84. The normalized spacial score (nSPS) is 11.9. The number of para-hydroxylation sites is 2. The molecule has 0 amide bonds. The third kappa shape index (κ3) is 3.10. The van der Waals surface area contributed by atoms with Crippen LogP contribution in [-0.2, 0) is 11.8 Å². The number of Topliss-reactive ketones (excluding diaryl/α,β-unsaturated/α-hetero) is 1. The van der Waals surface area contributed by atoms with Crippen molar-refractivity contribution < 1.29 is 9.53 Å². The number of benzene rings is 2. The number of aryl methyl sites for hydroxylation is 1. The summed E-state index contributed by atoms with van der Waals surface area (Å²) in [5.41, 5.74) is 1.63. The van der Waals surface area contributed by atoms with Gasteiger partial charge in [-0.1, -0.05) is 23.7 Å². The number of aromatic nitrogens is 2. The quantitative estimate of drug-likeness (QED) is 0.713. The van der Waals surface area contributed by atoms with E-state index in [4.69, 9.17) is 16.3 Å². The largest absolute Gasteiger partial charge is 0.486 e. The number of halogens is 1. The number of fused-ring (bicyclic) bond motifs is 1. The van der Waals surface area contributed by atoms with Gasteiger partial charge >= 0.3 is 0 Å². The highest BCUT2D eigenvalue weighted by atomic mass is 35.5. The molecule has 0 spiro atoms. The summed E-state index contributed by atoms with van der Waals surface area (Å²) >= 11 is 5.81. The molecule has 0 unspecified atom stereocenters. The van der Waals surface area contributed by atoms with Crippen LogP contribution in [0.4, 0.5) is 0 Å². The van der Waals surface area contributed by atoms with Gasteiger partial charge in [-0.2, -0.15) is 5.26 Å². The maximum absolute atomic E-state index is 12.4. The molecule has 1 atom stereocenters. The van der Waals surface area contributed by atoms with Crippen LogP contribution in [0.15, 0.2) is 48.5 Å². The van der Waals surface area contributed by atoms with Gasteiger partial charge in [-0.25, -0.2) is 4.98 Å². The Morgan fingerprint density at radius 3 is 2.67 bits per heavy atom. The molecular formula is C18H14ClN3O2. The number of nitrogens with zero attached hydrogens (tertiary/aromatic N) is 3. The first-order valence-corrected chi connectivity index (χ1v) is 7.70. The minimum Gasteiger partial charge on any atom is -0.486 e. The third-order valence-electron chi connectivity index (χ3n) is 3.73. The van der Waals surface area contributed by atoms with Crippen LogP contribution in [0, 0.1) is 11.3 Å². The Bertz CT molecular complexity index is 926. The maximum Gasteiger partial charge on any atom is 0.194 e. The highest BCUT2D eigenvalue weighted by molar-refractivity contribution is 6.30. The number of imidazole rings is 1. The van der Waals surface area contributed by atoms with Gasteiger partial charge in [-0.05, 0) is 36.4 Å². The van der Waals surface area contributed by atoms with Crippen molar-refractivity contribution >= 4 is 28.4 Å². The average Bonchev–Trinajstić information content (AvgIpc) is 2.92. The monoisotopic (exact) mass is 339 g/mol. The molecule has 0 saturated heterocycles. The first kappa shape index (κ1) is 16.0. The molecule has 120 valence electrons. The molecule has 3 aromatic rings. The molecule has 1 heterocycles. The van der Waals surface area contributed by atoms with Crippen LogP contribution in [-0.4, -0.2) is 21.9 Å². The topological polar surface area (TPSA) is 67.9 Å². The van der Waals surface area contributed by atoms with E-state index in [1.807, 2.05) is 30.3 Å². The number of carbonyl (C=O) groups excluding carboxylic acids is 1. The standard InChI is InChI=1S/C18H14ClN3O2/c1-22-16-5-3-2-4-15(16)21-18(22)14(10-20)17(23)11-24-13-8-6-12(19)7-9-13/h2-9,14H,11H2,1H3/t14-/m0/s1. The number of nitriles is 1. The molecule has 2 aromatic carbocycles. The molecule has 5 nitrogen and oxygen atoms in total. The predicted octanol–water partition coefficient (Wildman–Crippen LogP) is 3.48. The minimum absolute atomic E-state index is 0.205. The number of carbonyl (C=O) groups is 1. The van der Waals surface area contributed by atoms with Crippen molar-refractivity contribution in [2.75, 3.05) is 6.61 Å². The fourth-order valence-electron chi connectivity index (χ4n) is 2.46. The highest BCUT2D eigenvalue weighted by Gasteiger charge is 2.26. The van der Waals surface area contributed by atoms with Crippen molar-refractivity contribution in [3.63, 3.8) is 0 Å². The van der Waals surface area contributed by atoms with E-state index >= 15 is 0 Å². The number of hydrogen-bond acceptors (Lipinski definition) is 4. The summed E-state index contributed by atoms with van der Waals surface area (Å²) in [6.07, 6.45) is 0. The molecule has 0 aliphatic heterocycles. The van der Waals surface area contributed by atoms with E-state index in [2.05, 4.69) is 4.98 Å². The Labute approximate surface area is 144 Å². The molecule has 3 rings (SSSR count). The first-order valence-electron chi connectivity index (χ1n) is 7.32. The van der Waals surface area contributed by atoms with E-state index in [-0.39, 0.29) is 12.4 Å². The molecule has 0 N–H and O–H groups in total. The van der Waals surface area contributed by atoms with Crippen LogP contribution in [0.3, 0.4) is 0 Å². The lowest BCUT2D eigenvalue weighted by Crippen LogP contribution is -2.21. The Morgan fingerprint density at radius 2 is 2.00 bits per heavy atom. The Kier molecular flexibility index (Phi) is 4.50. The summed E-state index contributed by atoms with van der Waals surface area (Å²) in [6.45, 7) is -0.205. The number of ether oxygens (including phenoxy) is 1.